The number of nitrogens with zero attached hydrogens (tertiary/aromatic N) is 3. The fraction of sp³-hybridized carbons (Fsp3) is 0.846. The van der Waals surface area contributed by atoms with Crippen molar-refractivity contribution in [1.29, 1.82) is 0 Å². The highest BCUT2D eigenvalue weighted by atomic mass is 32.2. The molecule has 18 heavy (non-hydrogen) atoms. The number of aromatic nitrogens is 3. The second-order valence-corrected chi connectivity index (χ2v) is 6.67. The van der Waals surface area contributed by atoms with Crippen LogP contribution in [0.2, 0.25) is 0 Å². The topological polar surface area (TPSA) is 50.9 Å². The number of hydrogen-bond donors (Lipinski definition) is 1. The van der Waals surface area contributed by atoms with Crippen LogP contribution in [0.5, 0.6) is 0 Å². The molecule has 4 nitrogen and oxygen atoms in total. The number of aliphatic hydroxyl groups is 1. The fourth-order valence-corrected chi connectivity index (χ4v) is 4.13. The summed E-state index contributed by atoms with van der Waals surface area (Å²) in [5.41, 5.74) is 0. The molecular formula is C13H21N3OS. The predicted molar refractivity (Wildman–Crippen MR) is 72.7 cm³/mol. The maximum Gasteiger partial charge on any atom is 0.133 e. The summed E-state index contributed by atoms with van der Waals surface area (Å²) in [7, 11) is 0. The molecule has 3 rings (SSSR count). The molecule has 1 N–H and O–H groups in total. The first-order valence-corrected chi connectivity index (χ1v) is 8.12. The Morgan fingerprint density at radius 2 is 2.22 bits per heavy atom. The maximum atomic E-state index is 9.31. The third kappa shape index (κ3) is 2.57. The lowest BCUT2D eigenvalue weighted by Gasteiger charge is -2.25. The van der Waals surface area contributed by atoms with Crippen LogP contribution in [0, 0.1) is 11.8 Å². The van der Waals surface area contributed by atoms with E-state index in [1.807, 2.05) is 0 Å². The molecule has 2 aliphatic heterocycles. The smallest absolute Gasteiger partial charge is 0.133 e. The quantitative estimate of drug-likeness (QED) is 0.902. The van der Waals surface area contributed by atoms with Gasteiger partial charge in [-0.05, 0) is 36.7 Å². The Hall–Kier alpha value is -0.550. The molecular weight excluding hydrogens is 246 g/mol. The zero-order chi connectivity index (χ0) is 12.4. The van der Waals surface area contributed by atoms with Gasteiger partial charge in [-0.25, -0.2) is 0 Å². The van der Waals surface area contributed by atoms with Crippen LogP contribution in [-0.2, 0) is 19.4 Å². The van der Waals surface area contributed by atoms with Gasteiger partial charge in [0.05, 0.1) is 0 Å². The SMILES string of the molecule is OCC1CCc2nnc(CC3CCCSC3)n2C1. The van der Waals surface area contributed by atoms with E-state index in [0.717, 1.165) is 43.4 Å². The minimum absolute atomic E-state index is 0.288. The van der Waals surface area contributed by atoms with Crippen LogP contribution in [0.15, 0.2) is 0 Å². The second kappa shape index (κ2) is 5.61. The molecule has 0 saturated carbocycles. The Bertz CT molecular complexity index is 401. The van der Waals surface area contributed by atoms with E-state index in [0.29, 0.717) is 5.92 Å². The summed E-state index contributed by atoms with van der Waals surface area (Å²) >= 11 is 2.07. The van der Waals surface area contributed by atoms with Crippen LogP contribution in [0.25, 0.3) is 0 Å². The Morgan fingerprint density at radius 3 is 3.00 bits per heavy atom. The maximum absolute atomic E-state index is 9.31. The van der Waals surface area contributed by atoms with Crippen molar-refractivity contribution in [2.45, 2.75) is 38.6 Å². The first-order chi connectivity index (χ1) is 8.86. The summed E-state index contributed by atoms with van der Waals surface area (Å²) in [5.74, 6) is 6.03. The fourth-order valence-electron chi connectivity index (χ4n) is 2.98. The molecule has 1 aromatic rings. The third-order valence-electron chi connectivity index (χ3n) is 4.11. The van der Waals surface area contributed by atoms with E-state index in [-0.39, 0.29) is 6.61 Å². The van der Waals surface area contributed by atoms with Crippen LogP contribution in [-0.4, -0.2) is 38.0 Å². The van der Waals surface area contributed by atoms with E-state index in [1.54, 1.807) is 0 Å². The van der Waals surface area contributed by atoms with Crippen molar-refractivity contribution < 1.29 is 5.11 Å². The zero-order valence-electron chi connectivity index (χ0n) is 10.7. The molecule has 0 spiro atoms. The van der Waals surface area contributed by atoms with Gasteiger partial charge in [0.15, 0.2) is 0 Å². The molecule has 1 aromatic heterocycles. The molecule has 2 atom stereocenters. The van der Waals surface area contributed by atoms with E-state index >= 15 is 0 Å². The number of thioether (sulfide) groups is 1. The monoisotopic (exact) mass is 267 g/mol. The highest BCUT2D eigenvalue weighted by Crippen LogP contribution is 2.27. The van der Waals surface area contributed by atoms with Crippen LogP contribution >= 0.6 is 11.8 Å². The molecule has 3 heterocycles. The molecule has 1 saturated heterocycles. The van der Waals surface area contributed by atoms with Gasteiger partial charge in [-0.15, -0.1) is 10.2 Å². The summed E-state index contributed by atoms with van der Waals surface area (Å²) in [6.07, 6.45) is 5.76. The van der Waals surface area contributed by atoms with Crippen LogP contribution in [0.1, 0.15) is 30.9 Å². The van der Waals surface area contributed by atoms with E-state index in [4.69, 9.17) is 0 Å². The second-order valence-electron chi connectivity index (χ2n) is 5.52. The molecule has 0 aromatic carbocycles. The Balaban J connectivity index is 1.71. The molecule has 0 bridgehead atoms. The van der Waals surface area contributed by atoms with Crippen molar-refractivity contribution in [3.63, 3.8) is 0 Å². The molecule has 0 radical (unpaired) electrons. The van der Waals surface area contributed by atoms with E-state index in [1.165, 1.54) is 24.3 Å². The van der Waals surface area contributed by atoms with E-state index in [2.05, 4.69) is 26.5 Å². The van der Waals surface area contributed by atoms with Gasteiger partial charge in [0, 0.05) is 31.9 Å². The van der Waals surface area contributed by atoms with Gasteiger partial charge < -0.3 is 9.67 Å². The normalized spacial score (nSPS) is 28.1. The molecule has 2 unspecified atom stereocenters. The number of hydrogen-bond acceptors (Lipinski definition) is 4. The van der Waals surface area contributed by atoms with Crippen LogP contribution < -0.4 is 0 Å². The van der Waals surface area contributed by atoms with Crippen LogP contribution in [0.4, 0.5) is 0 Å². The van der Waals surface area contributed by atoms with E-state index < -0.39 is 0 Å². The summed E-state index contributed by atoms with van der Waals surface area (Å²) in [4.78, 5) is 0. The number of rotatable bonds is 3. The zero-order valence-corrected chi connectivity index (χ0v) is 11.5. The molecule has 1 fully saturated rings. The highest BCUT2D eigenvalue weighted by Gasteiger charge is 2.24. The minimum atomic E-state index is 0.288. The van der Waals surface area contributed by atoms with Gasteiger partial charge >= 0.3 is 0 Å². The van der Waals surface area contributed by atoms with Crippen molar-refractivity contribution in [1.82, 2.24) is 14.8 Å². The van der Waals surface area contributed by atoms with Gasteiger partial charge in [-0.3, -0.25) is 0 Å². The highest BCUT2D eigenvalue weighted by molar-refractivity contribution is 7.99. The number of aryl methyl sites for hydroxylation is 1. The molecule has 5 heteroatoms. The Kier molecular flexibility index (Phi) is 3.89. The van der Waals surface area contributed by atoms with Crippen molar-refractivity contribution >= 4 is 11.8 Å². The Labute approximate surface area is 112 Å². The Morgan fingerprint density at radius 1 is 1.28 bits per heavy atom. The molecule has 2 aliphatic rings. The van der Waals surface area contributed by atoms with Crippen molar-refractivity contribution in [3.05, 3.63) is 11.6 Å². The lowest BCUT2D eigenvalue weighted by molar-refractivity contribution is 0.189. The van der Waals surface area contributed by atoms with Crippen molar-refractivity contribution in [3.8, 4) is 0 Å². The molecule has 100 valence electrons. The predicted octanol–water partition coefficient (Wildman–Crippen LogP) is 1.52. The third-order valence-corrected chi connectivity index (χ3v) is 5.39. The first-order valence-electron chi connectivity index (χ1n) is 6.96. The average Bonchev–Trinajstić information content (AvgIpc) is 2.82. The van der Waals surface area contributed by atoms with Gasteiger partial charge in [-0.1, -0.05) is 0 Å². The summed E-state index contributed by atoms with van der Waals surface area (Å²) in [6.45, 7) is 1.20. The largest absolute Gasteiger partial charge is 0.396 e. The molecule has 0 amide bonds. The van der Waals surface area contributed by atoms with Gasteiger partial charge in [0.1, 0.15) is 11.6 Å². The van der Waals surface area contributed by atoms with Crippen LogP contribution in [0.3, 0.4) is 0 Å². The first kappa shape index (κ1) is 12.5. The summed E-state index contributed by atoms with van der Waals surface area (Å²) in [5, 5.41) is 18.0. The number of aliphatic hydroxyl groups excluding tert-OH is 1. The number of fused-ring (bicyclic) bond motifs is 1. The van der Waals surface area contributed by atoms with E-state index in [9.17, 15) is 5.11 Å². The lowest BCUT2D eigenvalue weighted by Crippen LogP contribution is -2.25. The molecule has 0 aliphatic carbocycles. The standard InChI is InChI=1S/C13H21N3OS/c17-8-11-3-4-12-14-15-13(16(12)7-11)6-10-2-1-5-18-9-10/h10-11,17H,1-9H2. The summed E-state index contributed by atoms with van der Waals surface area (Å²) < 4.78 is 2.27. The minimum Gasteiger partial charge on any atom is -0.396 e. The van der Waals surface area contributed by atoms with Crippen molar-refractivity contribution in [2.24, 2.45) is 11.8 Å². The summed E-state index contributed by atoms with van der Waals surface area (Å²) in [6, 6.07) is 0. The van der Waals surface area contributed by atoms with Gasteiger partial charge in [-0.2, -0.15) is 11.8 Å². The van der Waals surface area contributed by atoms with Crippen molar-refractivity contribution in [2.75, 3.05) is 18.1 Å². The lowest BCUT2D eigenvalue weighted by atomic mass is 9.98. The van der Waals surface area contributed by atoms with Gasteiger partial charge in [0.2, 0.25) is 0 Å². The average molecular weight is 267 g/mol. The van der Waals surface area contributed by atoms with Gasteiger partial charge in [0.25, 0.3) is 0 Å².